The zero-order chi connectivity index (χ0) is 27.7. The predicted octanol–water partition coefficient (Wildman–Crippen LogP) is -2.55. The van der Waals surface area contributed by atoms with Crippen LogP contribution in [-0.4, -0.2) is 88.2 Å². The number of hydrogen-bond acceptors (Lipinski definition) is 9. The van der Waals surface area contributed by atoms with Crippen LogP contribution >= 0.6 is 0 Å². The van der Waals surface area contributed by atoms with Crippen molar-refractivity contribution < 1.29 is 44.1 Å². The monoisotopic (exact) mass is 518 g/mol. The zero-order valence-corrected chi connectivity index (χ0v) is 20.1. The lowest BCUT2D eigenvalue weighted by molar-refractivity contribution is -0.143. The molecule has 0 fully saturated rings. The summed E-state index contributed by atoms with van der Waals surface area (Å²) in [5, 5.41) is 34.2. The van der Waals surface area contributed by atoms with Crippen LogP contribution in [0.15, 0.2) is 0 Å². The molecule has 0 aromatic heterocycles. The highest BCUT2D eigenvalue weighted by molar-refractivity contribution is 5.94. The van der Waals surface area contributed by atoms with Gasteiger partial charge < -0.3 is 48.5 Å². The molecular formula is C21H38N6O9. The molecule has 0 aromatic rings. The van der Waals surface area contributed by atoms with Gasteiger partial charge in [0.15, 0.2) is 0 Å². The Hall–Kier alpha value is -3.30. The van der Waals surface area contributed by atoms with Crippen LogP contribution in [0.25, 0.3) is 0 Å². The zero-order valence-electron chi connectivity index (χ0n) is 20.1. The second kappa shape index (κ2) is 18.0. The summed E-state index contributed by atoms with van der Waals surface area (Å²) in [7, 11) is 0. The lowest BCUT2D eigenvalue weighted by Crippen LogP contribution is -2.57. The Balaban J connectivity index is 5.55. The molecule has 4 atom stereocenters. The van der Waals surface area contributed by atoms with Gasteiger partial charge in [0, 0.05) is 6.42 Å². The summed E-state index contributed by atoms with van der Waals surface area (Å²) in [5.41, 5.74) is 16.4. The standard InChI is InChI=1S/C21H38N6O9/c22-9-3-1-5-13(25-18(32)12(24)11-17(30)31)19(33)26-14(7-8-16(28)29)20(34)27-15(21(35)36)6-2-4-10-23/h12-15H,1-11,22-24H2,(H,25,32)(H,26,33)(H,27,34)(H,28,29)(H,30,31)(H,35,36). The minimum Gasteiger partial charge on any atom is -0.481 e. The Morgan fingerprint density at radius 3 is 1.50 bits per heavy atom. The van der Waals surface area contributed by atoms with Gasteiger partial charge in [0.25, 0.3) is 0 Å². The third-order valence-corrected chi connectivity index (χ3v) is 5.15. The van der Waals surface area contributed by atoms with Crippen LogP contribution in [0.1, 0.15) is 57.8 Å². The van der Waals surface area contributed by atoms with E-state index in [-0.39, 0.29) is 19.3 Å². The van der Waals surface area contributed by atoms with Crippen LogP contribution in [0.4, 0.5) is 0 Å². The number of amides is 3. The summed E-state index contributed by atoms with van der Waals surface area (Å²) in [6, 6.07) is -5.33. The molecule has 0 aliphatic carbocycles. The van der Waals surface area contributed by atoms with E-state index in [0.717, 1.165) is 0 Å². The first kappa shape index (κ1) is 32.7. The average Bonchev–Trinajstić information content (AvgIpc) is 2.79. The number of nitrogens with two attached hydrogens (primary N) is 3. The van der Waals surface area contributed by atoms with Crippen molar-refractivity contribution in [2.24, 2.45) is 17.2 Å². The first-order valence-corrected chi connectivity index (χ1v) is 11.7. The van der Waals surface area contributed by atoms with E-state index in [9.17, 15) is 33.9 Å². The van der Waals surface area contributed by atoms with Crippen LogP contribution in [0.2, 0.25) is 0 Å². The minimum absolute atomic E-state index is 0.0805. The Morgan fingerprint density at radius 2 is 1.06 bits per heavy atom. The second-order valence-corrected chi connectivity index (χ2v) is 8.23. The van der Waals surface area contributed by atoms with E-state index in [1.165, 1.54) is 0 Å². The smallest absolute Gasteiger partial charge is 0.326 e. The molecule has 0 radical (unpaired) electrons. The van der Waals surface area contributed by atoms with Crippen molar-refractivity contribution in [2.45, 2.75) is 82.0 Å². The number of unbranched alkanes of at least 4 members (excludes halogenated alkanes) is 2. The quantitative estimate of drug-likeness (QED) is 0.0753. The molecule has 0 saturated carbocycles. The first-order chi connectivity index (χ1) is 16.9. The molecule has 0 spiro atoms. The third kappa shape index (κ3) is 14.2. The summed E-state index contributed by atoms with van der Waals surface area (Å²) in [5.74, 6) is -6.51. The summed E-state index contributed by atoms with van der Waals surface area (Å²) in [6.45, 7) is 0.649. The van der Waals surface area contributed by atoms with E-state index >= 15 is 0 Å². The van der Waals surface area contributed by atoms with Crippen molar-refractivity contribution in [2.75, 3.05) is 13.1 Å². The average molecular weight is 519 g/mol. The van der Waals surface area contributed by atoms with Crippen molar-refractivity contribution in [3.63, 3.8) is 0 Å². The van der Waals surface area contributed by atoms with Gasteiger partial charge in [-0.2, -0.15) is 0 Å². The van der Waals surface area contributed by atoms with Crippen molar-refractivity contribution in [3.8, 4) is 0 Å². The fourth-order valence-corrected chi connectivity index (χ4v) is 3.15. The van der Waals surface area contributed by atoms with Gasteiger partial charge in [-0.25, -0.2) is 4.79 Å². The number of carboxylic acid groups (broad SMARTS) is 3. The van der Waals surface area contributed by atoms with Gasteiger partial charge in [0.05, 0.1) is 12.5 Å². The Kier molecular flexibility index (Phi) is 16.4. The summed E-state index contributed by atoms with van der Waals surface area (Å²) in [6.07, 6.45) is 0.507. The van der Waals surface area contributed by atoms with E-state index in [1.807, 2.05) is 0 Å². The Bertz CT molecular complexity index is 764. The van der Waals surface area contributed by atoms with Gasteiger partial charge in [-0.3, -0.25) is 24.0 Å². The predicted molar refractivity (Wildman–Crippen MR) is 126 cm³/mol. The van der Waals surface area contributed by atoms with E-state index < -0.39 is 72.6 Å². The maximum absolute atomic E-state index is 12.9. The summed E-state index contributed by atoms with van der Waals surface area (Å²) >= 11 is 0. The van der Waals surface area contributed by atoms with Crippen LogP contribution in [0.3, 0.4) is 0 Å². The van der Waals surface area contributed by atoms with E-state index in [4.69, 9.17) is 27.4 Å². The molecule has 36 heavy (non-hydrogen) atoms. The van der Waals surface area contributed by atoms with Crippen molar-refractivity contribution >= 4 is 35.6 Å². The van der Waals surface area contributed by atoms with E-state index in [0.29, 0.717) is 38.8 Å². The van der Waals surface area contributed by atoms with Crippen molar-refractivity contribution in [1.29, 1.82) is 0 Å². The van der Waals surface area contributed by atoms with Crippen molar-refractivity contribution in [3.05, 3.63) is 0 Å². The number of aliphatic carboxylic acids is 3. The molecule has 0 aliphatic rings. The maximum Gasteiger partial charge on any atom is 0.326 e. The molecule has 3 amide bonds. The fourth-order valence-electron chi connectivity index (χ4n) is 3.15. The van der Waals surface area contributed by atoms with Crippen LogP contribution in [0.5, 0.6) is 0 Å². The molecule has 15 nitrogen and oxygen atoms in total. The maximum atomic E-state index is 12.9. The lowest BCUT2D eigenvalue weighted by Gasteiger charge is -2.25. The van der Waals surface area contributed by atoms with Gasteiger partial charge in [0.1, 0.15) is 18.1 Å². The highest BCUT2D eigenvalue weighted by atomic mass is 16.4. The van der Waals surface area contributed by atoms with Gasteiger partial charge in [-0.15, -0.1) is 0 Å². The van der Waals surface area contributed by atoms with Crippen LogP contribution < -0.4 is 33.2 Å². The number of rotatable bonds is 20. The number of carbonyl (C=O) groups is 6. The number of hydrogen-bond donors (Lipinski definition) is 9. The first-order valence-electron chi connectivity index (χ1n) is 11.7. The van der Waals surface area contributed by atoms with E-state index in [1.54, 1.807) is 0 Å². The third-order valence-electron chi connectivity index (χ3n) is 5.15. The lowest BCUT2D eigenvalue weighted by atomic mass is 10.0. The number of carboxylic acids is 3. The highest BCUT2D eigenvalue weighted by Gasteiger charge is 2.30. The SMILES string of the molecule is NCCCCC(NC(=O)C(CCC(=O)O)NC(=O)C(CCCCN)NC(=O)C(N)CC(=O)O)C(=O)O. The molecule has 4 unspecified atom stereocenters. The Labute approximate surface area is 208 Å². The molecule has 0 heterocycles. The van der Waals surface area contributed by atoms with Gasteiger partial charge in [-0.05, 0) is 58.0 Å². The normalized spacial score (nSPS) is 14.1. The number of carbonyl (C=O) groups excluding carboxylic acids is 3. The van der Waals surface area contributed by atoms with Crippen LogP contribution in [-0.2, 0) is 28.8 Å². The molecule has 0 aromatic carbocycles. The Morgan fingerprint density at radius 1 is 0.611 bits per heavy atom. The highest BCUT2D eigenvalue weighted by Crippen LogP contribution is 2.07. The van der Waals surface area contributed by atoms with Gasteiger partial charge in [0.2, 0.25) is 17.7 Å². The molecular weight excluding hydrogens is 480 g/mol. The second-order valence-electron chi connectivity index (χ2n) is 8.23. The van der Waals surface area contributed by atoms with Crippen molar-refractivity contribution in [1.82, 2.24) is 16.0 Å². The molecule has 0 rings (SSSR count). The number of nitrogens with one attached hydrogen (secondary N) is 3. The molecule has 0 bridgehead atoms. The molecule has 15 heteroatoms. The molecule has 0 aliphatic heterocycles. The van der Waals surface area contributed by atoms with E-state index in [2.05, 4.69) is 16.0 Å². The molecule has 12 N–H and O–H groups in total. The summed E-state index contributed by atoms with van der Waals surface area (Å²) in [4.78, 5) is 71.4. The topological polar surface area (TPSA) is 277 Å². The minimum atomic E-state index is -1.43. The molecule has 206 valence electrons. The van der Waals surface area contributed by atoms with Gasteiger partial charge >= 0.3 is 17.9 Å². The fraction of sp³-hybridized carbons (Fsp3) is 0.714. The largest absolute Gasteiger partial charge is 0.481 e. The summed E-state index contributed by atoms with van der Waals surface area (Å²) < 4.78 is 0. The van der Waals surface area contributed by atoms with Crippen LogP contribution in [0, 0.1) is 0 Å². The molecule has 0 saturated heterocycles. The van der Waals surface area contributed by atoms with Gasteiger partial charge in [-0.1, -0.05) is 0 Å².